The summed E-state index contributed by atoms with van der Waals surface area (Å²) in [4.78, 5) is 14.1. The number of hydrogen-bond donors (Lipinski definition) is 1. The molecule has 0 radical (unpaired) electrons. The summed E-state index contributed by atoms with van der Waals surface area (Å²) in [6.45, 7) is 2.69. The third-order valence-corrected chi connectivity index (χ3v) is 4.98. The standard InChI is InChI=1S/C12H22N2OS/c1-3-11-13-8-12(15)14(11)9-6-4-5-7-10(9)16-2/h9-11,13H,3-8H2,1-2H3. The van der Waals surface area contributed by atoms with Crippen molar-refractivity contribution in [2.45, 2.75) is 56.5 Å². The summed E-state index contributed by atoms with van der Waals surface area (Å²) in [5.41, 5.74) is 0. The first-order valence-electron chi connectivity index (χ1n) is 6.35. The average molecular weight is 242 g/mol. The van der Waals surface area contributed by atoms with Gasteiger partial charge in [-0.1, -0.05) is 19.8 Å². The lowest BCUT2D eigenvalue weighted by atomic mass is 9.93. The normalized spacial score (nSPS) is 35.8. The van der Waals surface area contributed by atoms with Crippen molar-refractivity contribution in [2.24, 2.45) is 0 Å². The minimum absolute atomic E-state index is 0.283. The number of nitrogens with one attached hydrogen (secondary N) is 1. The van der Waals surface area contributed by atoms with Crippen molar-refractivity contribution in [3.05, 3.63) is 0 Å². The second-order valence-electron chi connectivity index (χ2n) is 4.73. The van der Waals surface area contributed by atoms with Crippen LogP contribution in [0.15, 0.2) is 0 Å². The lowest BCUT2D eigenvalue weighted by Crippen LogP contribution is -2.50. The first-order valence-corrected chi connectivity index (χ1v) is 7.64. The molecule has 1 aliphatic heterocycles. The topological polar surface area (TPSA) is 32.3 Å². The third kappa shape index (κ3) is 2.23. The van der Waals surface area contributed by atoms with Crippen molar-refractivity contribution >= 4 is 17.7 Å². The van der Waals surface area contributed by atoms with Gasteiger partial charge in [0.2, 0.25) is 5.91 Å². The Morgan fingerprint density at radius 1 is 1.44 bits per heavy atom. The van der Waals surface area contributed by atoms with Gasteiger partial charge < -0.3 is 4.90 Å². The Morgan fingerprint density at radius 3 is 2.88 bits per heavy atom. The number of carbonyl (C=O) groups excluding carboxylic acids is 1. The Morgan fingerprint density at radius 2 is 2.19 bits per heavy atom. The lowest BCUT2D eigenvalue weighted by molar-refractivity contribution is -0.130. The van der Waals surface area contributed by atoms with Crippen LogP contribution in [-0.2, 0) is 4.79 Å². The predicted molar refractivity (Wildman–Crippen MR) is 68.5 cm³/mol. The molecule has 0 aromatic rings. The molecule has 2 rings (SSSR count). The maximum atomic E-state index is 12.0. The zero-order chi connectivity index (χ0) is 11.5. The van der Waals surface area contributed by atoms with Crippen molar-refractivity contribution < 1.29 is 4.79 Å². The fraction of sp³-hybridized carbons (Fsp3) is 0.917. The van der Waals surface area contributed by atoms with Crippen molar-refractivity contribution in [3.8, 4) is 0 Å². The van der Waals surface area contributed by atoms with Gasteiger partial charge in [-0.05, 0) is 25.5 Å². The summed E-state index contributed by atoms with van der Waals surface area (Å²) in [5.74, 6) is 0.304. The minimum Gasteiger partial charge on any atom is -0.322 e. The molecule has 1 saturated carbocycles. The van der Waals surface area contributed by atoms with Crippen LogP contribution in [0.1, 0.15) is 39.0 Å². The van der Waals surface area contributed by atoms with Crippen LogP contribution < -0.4 is 5.32 Å². The number of amides is 1. The Balaban J connectivity index is 2.10. The van der Waals surface area contributed by atoms with Crippen molar-refractivity contribution in [1.29, 1.82) is 0 Å². The smallest absolute Gasteiger partial charge is 0.238 e. The van der Waals surface area contributed by atoms with E-state index < -0.39 is 0 Å². The van der Waals surface area contributed by atoms with Crippen LogP contribution in [0.5, 0.6) is 0 Å². The molecule has 1 aliphatic carbocycles. The van der Waals surface area contributed by atoms with Crippen LogP contribution in [0, 0.1) is 0 Å². The van der Waals surface area contributed by atoms with E-state index >= 15 is 0 Å². The van der Waals surface area contributed by atoms with Gasteiger partial charge >= 0.3 is 0 Å². The Kier molecular flexibility index (Phi) is 4.14. The van der Waals surface area contributed by atoms with E-state index in [2.05, 4.69) is 23.4 Å². The first-order chi connectivity index (χ1) is 7.77. The van der Waals surface area contributed by atoms with Gasteiger partial charge in [0.05, 0.1) is 12.7 Å². The summed E-state index contributed by atoms with van der Waals surface area (Å²) in [6.07, 6.45) is 8.55. The van der Waals surface area contributed by atoms with E-state index in [0.717, 1.165) is 6.42 Å². The van der Waals surface area contributed by atoms with Crippen LogP contribution in [0.2, 0.25) is 0 Å². The van der Waals surface area contributed by atoms with Gasteiger partial charge in [0, 0.05) is 11.3 Å². The molecular formula is C12H22N2OS. The molecule has 3 nitrogen and oxygen atoms in total. The molecule has 2 fully saturated rings. The summed E-state index contributed by atoms with van der Waals surface area (Å²) in [5, 5.41) is 3.96. The van der Waals surface area contributed by atoms with Gasteiger partial charge in [0.15, 0.2) is 0 Å². The number of carbonyl (C=O) groups is 1. The van der Waals surface area contributed by atoms with E-state index in [9.17, 15) is 4.79 Å². The van der Waals surface area contributed by atoms with Gasteiger partial charge in [-0.15, -0.1) is 0 Å². The van der Waals surface area contributed by atoms with Crippen LogP contribution >= 0.6 is 11.8 Å². The highest BCUT2D eigenvalue weighted by Gasteiger charge is 2.39. The Bertz CT molecular complexity index is 259. The molecule has 3 atom stereocenters. The van der Waals surface area contributed by atoms with Gasteiger partial charge in [-0.2, -0.15) is 11.8 Å². The molecule has 0 spiro atoms. The highest BCUT2D eigenvalue weighted by Crippen LogP contribution is 2.32. The quantitative estimate of drug-likeness (QED) is 0.819. The molecule has 16 heavy (non-hydrogen) atoms. The van der Waals surface area contributed by atoms with Crippen LogP contribution in [0.4, 0.5) is 0 Å². The van der Waals surface area contributed by atoms with E-state index in [4.69, 9.17) is 0 Å². The molecule has 1 N–H and O–H groups in total. The molecule has 2 aliphatic rings. The monoisotopic (exact) mass is 242 g/mol. The zero-order valence-electron chi connectivity index (χ0n) is 10.2. The fourth-order valence-electron chi connectivity index (χ4n) is 3.00. The molecule has 0 bridgehead atoms. The summed E-state index contributed by atoms with van der Waals surface area (Å²) >= 11 is 1.93. The Hall–Kier alpha value is -0.220. The molecule has 1 heterocycles. The van der Waals surface area contributed by atoms with Gasteiger partial charge in [-0.25, -0.2) is 0 Å². The molecule has 0 aromatic carbocycles. The molecule has 1 amide bonds. The van der Waals surface area contributed by atoms with Crippen LogP contribution in [0.3, 0.4) is 0 Å². The van der Waals surface area contributed by atoms with E-state index in [-0.39, 0.29) is 6.17 Å². The van der Waals surface area contributed by atoms with Gasteiger partial charge in [0.1, 0.15) is 0 Å². The van der Waals surface area contributed by atoms with E-state index in [1.807, 2.05) is 11.8 Å². The second-order valence-corrected chi connectivity index (χ2v) is 5.81. The number of nitrogens with zero attached hydrogens (tertiary/aromatic N) is 1. The van der Waals surface area contributed by atoms with E-state index in [1.54, 1.807) is 0 Å². The fourth-order valence-corrected chi connectivity index (χ4v) is 3.98. The van der Waals surface area contributed by atoms with Gasteiger partial charge in [-0.3, -0.25) is 10.1 Å². The number of rotatable bonds is 3. The molecule has 3 unspecified atom stereocenters. The van der Waals surface area contributed by atoms with Crippen LogP contribution in [-0.4, -0.2) is 41.1 Å². The summed E-state index contributed by atoms with van der Waals surface area (Å²) in [7, 11) is 0. The number of hydrogen-bond acceptors (Lipinski definition) is 3. The summed E-state index contributed by atoms with van der Waals surface area (Å²) in [6, 6.07) is 0.469. The van der Waals surface area contributed by atoms with Crippen LogP contribution in [0.25, 0.3) is 0 Å². The largest absolute Gasteiger partial charge is 0.322 e. The molecule has 4 heteroatoms. The first kappa shape index (κ1) is 12.2. The van der Waals surface area contributed by atoms with E-state index in [0.29, 0.717) is 23.7 Å². The predicted octanol–water partition coefficient (Wildman–Crippen LogP) is 1.83. The van der Waals surface area contributed by atoms with Crippen molar-refractivity contribution in [3.63, 3.8) is 0 Å². The second kappa shape index (κ2) is 5.41. The Labute approximate surface area is 102 Å². The molecule has 1 saturated heterocycles. The maximum Gasteiger partial charge on any atom is 0.238 e. The minimum atomic E-state index is 0.283. The van der Waals surface area contributed by atoms with E-state index in [1.165, 1.54) is 25.7 Å². The van der Waals surface area contributed by atoms with Gasteiger partial charge in [0.25, 0.3) is 0 Å². The maximum absolute atomic E-state index is 12.0. The highest BCUT2D eigenvalue weighted by molar-refractivity contribution is 7.99. The number of thioether (sulfide) groups is 1. The average Bonchev–Trinajstić information content (AvgIpc) is 2.70. The van der Waals surface area contributed by atoms with Crippen molar-refractivity contribution in [2.75, 3.05) is 12.8 Å². The molecule has 92 valence electrons. The highest BCUT2D eigenvalue weighted by atomic mass is 32.2. The third-order valence-electron chi connectivity index (χ3n) is 3.83. The SMILES string of the molecule is CCC1NCC(=O)N1C1CCCCC1SC. The lowest BCUT2D eigenvalue weighted by Gasteiger charge is -2.39. The zero-order valence-corrected chi connectivity index (χ0v) is 11.1. The molecule has 0 aromatic heterocycles. The van der Waals surface area contributed by atoms with Crippen molar-refractivity contribution in [1.82, 2.24) is 10.2 Å². The molecular weight excluding hydrogens is 220 g/mol. The summed E-state index contributed by atoms with van der Waals surface area (Å²) < 4.78 is 0.